The second-order valence-corrected chi connectivity index (χ2v) is 8.07. The van der Waals surface area contributed by atoms with Gasteiger partial charge in [0.15, 0.2) is 5.65 Å². The lowest BCUT2D eigenvalue weighted by molar-refractivity contribution is -0.132. The second-order valence-electron chi connectivity index (χ2n) is 7.63. The molecule has 9 heteroatoms. The number of aromatic nitrogens is 3. The van der Waals surface area contributed by atoms with E-state index < -0.39 is 6.04 Å². The molecular formula is C21H22ClN7O. The lowest BCUT2D eigenvalue weighted by Crippen LogP contribution is -2.59. The predicted molar refractivity (Wildman–Crippen MR) is 116 cm³/mol. The van der Waals surface area contributed by atoms with E-state index in [0.29, 0.717) is 23.8 Å². The summed E-state index contributed by atoms with van der Waals surface area (Å²) < 4.78 is 1.47. The Hall–Kier alpha value is -3.31. The van der Waals surface area contributed by atoms with Gasteiger partial charge in [-0.25, -0.2) is 9.97 Å². The number of piperazine rings is 1. The maximum atomic E-state index is 12.0. The van der Waals surface area contributed by atoms with Gasteiger partial charge < -0.3 is 15.6 Å². The maximum Gasteiger partial charge on any atom is 0.220 e. The SMILES string of the molecule is CC(=O)N1[C@H](C)CN(c2ccc(C)c(-c3cn(N)c4ncc(Cl)cc34)n2)C[C@@H]1C#N. The Morgan fingerprint density at radius 2 is 2.13 bits per heavy atom. The van der Waals surface area contributed by atoms with Crippen molar-refractivity contribution in [2.24, 2.45) is 0 Å². The number of amides is 1. The van der Waals surface area contributed by atoms with Crippen LogP contribution in [0.3, 0.4) is 0 Å². The van der Waals surface area contributed by atoms with E-state index in [1.807, 2.05) is 36.9 Å². The number of aryl methyl sites for hydroxylation is 1. The molecule has 154 valence electrons. The molecule has 0 unspecified atom stereocenters. The standard InChI is InChI=1S/C21H22ClN7O/c1-12-4-5-19(27-9-13(2)29(14(3)30)16(7-23)10-27)26-20(12)18-11-28(24)21-17(18)6-15(22)8-25-21/h4-6,8,11,13,16H,9-10,24H2,1-3H3/t13-,16+/m1/s1. The van der Waals surface area contributed by atoms with Crippen LogP contribution in [0, 0.1) is 18.3 Å². The normalized spacial score (nSPS) is 19.2. The Kier molecular flexibility index (Phi) is 5.00. The van der Waals surface area contributed by atoms with Crippen LogP contribution in [0.25, 0.3) is 22.3 Å². The smallest absolute Gasteiger partial charge is 0.220 e. The number of hydrogen-bond acceptors (Lipinski definition) is 6. The van der Waals surface area contributed by atoms with Crippen LogP contribution in [0.4, 0.5) is 5.82 Å². The van der Waals surface area contributed by atoms with Crippen molar-refractivity contribution in [3.05, 3.63) is 41.2 Å². The van der Waals surface area contributed by atoms with Crippen LogP contribution in [-0.2, 0) is 4.79 Å². The van der Waals surface area contributed by atoms with Crippen LogP contribution in [0.5, 0.6) is 0 Å². The molecule has 2 atom stereocenters. The third-order valence-electron chi connectivity index (χ3n) is 5.50. The number of anilines is 1. The van der Waals surface area contributed by atoms with Gasteiger partial charge in [0.1, 0.15) is 11.9 Å². The van der Waals surface area contributed by atoms with Crippen molar-refractivity contribution < 1.29 is 4.79 Å². The number of nitrogen functional groups attached to an aromatic ring is 1. The Balaban J connectivity index is 1.76. The molecule has 1 aliphatic heterocycles. The van der Waals surface area contributed by atoms with Gasteiger partial charge in [-0.3, -0.25) is 9.47 Å². The number of nitrogens with zero attached hydrogens (tertiary/aromatic N) is 6. The molecule has 2 N–H and O–H groups in total. The van der Waals surface area contributed by atoms with Gasteiger partial charge in [-0.1, -0.05) is 17.7 Å². The molecule has 1 fully saturated rings. The minimum absolute atomic E-state index is 0.0913. The molecule has 1 saturated heterocycles. The minimum Gasteiger partial charge on any atom is -0.351 e. The highest BCUT2D eigenvalue weighted by molar-refractivity contribution is 6.31. The summed E-state index contributed by atoms with van der Waals surface area (Å²) in [4.78, 5) is 24.9. The van der Waals surface area contributed by atoms with Gasteiger partial charge in [0.2, 0.25) is 5.91 Å². The number of nitriles is 1. The first-order valence-corrected chi connectivity index (χ1v) is 10.0. The Bertz CT molecular complexity index is 1180. The monoisotopic (exact) mass is 423 g/mol. The van der Waals surface area contributed by atoms with Crippen LogP contribution in [-0.4, -0.2) is 50.6 Å². The molecule has 1 aliphatic rings. The van der Waals surface area contributed by atoms with Gasteiger partial charge in [0, 0.05) is 42.9 Å². The summed E-state index contributed by atoms with van der Waals surface area (Å²) in [6.45, 7) is 6.43. The van der Waals surface area contributed by atoms with Gasteiger partial charge in [0.25, 0.3) is 0 Å². The van der Waals surface area contributed by atoms with Crippen molar-refractivity contribution in [2.75, 3.05) is 23.8 Å². The zero-order valence-corrected chi connectivity index (χ0v) is 17.8. The van der Waals surface area contributed by atoms with Crippen LogP contribution in [0.15, 0.2) is 30.6 Å². The first-order chi connectivity index (χ1) is 14.3. The molecule has 30 heavy (non-hydrogen) atoms. The van der Waals surface area contributed by atoms with Gasteiger partial charge in [-0.15, -0.1) is 0 Å². The quantitative estimate of drug-likeness (QED) is 0.635. The number of halogens is 1. The third kappa shape index (κ3) is 3.31. The Morgan fingerprint density at radius 1 is 1.37 bits per heavy atom. The highest BCUT2D eigenvalue weighted by Gasteiger charge is 2.34. The van der Waals surface area contributed by atoms with E-state index in [2.05, 4.69) is 11.1 Å². The van der Waals surface area contributed by atoms with Gasteiger partial charge >= 0.3 is 0 Å². The van der Waals surface area contributed by atoms with Crippen molar-refractivity contribution in [3.8, 4) is 17.3 Å². The first-order valence-electron chi connectivity index (χ1n) is 9.63. The summed E-state index contributed by atoms with van der Waals surface area (Å²) in [6, 6.07) is 7.40. The van der Waals surface area contributed by atoms with E-state index in [1.54, 1.807) is 17.3 Å². The van der Waals surface area contributed by atoms with E-state index in [0.717, 1.165) is 28.0 Å². The van der Waals surface area contributed by atoms with Crippen molar-refractivity contribution in [1.29, 1.82) is 5.26 Å². The molecule has 0 aromatic carbocycles. The number of carbonyl (C=O) groups excluding carboxylic acids is 1. The third-order valence-corrected chi connectivity index (χ3v) is 5.71. The van der Waals surface area contributed by atoms with Crippen molar-refractivity contribution in [2.45, 2.75) is 32.9 Å². The number of nitrogens with two attached hydrogens (primary N) is 1. The largest absolute Gasteiger partial charge is 0.351 e. The van der Waals surface area contributed by atoms with E-state index >= 15 is 0 Å². The summed E-state index contributed by atoms with van der Waals surface area (Å²) in [5.74, 6) is 6.75. The van der Waals surface area contributed by atoms with Crippen molar-refractivity contribution >= 4 is 34.4 Å². The van der Waals surface area contributed by atoms with E-state index in [4.69, 9.17) is 22.4 Å². The molecular weight excluding hydrogens is 402 g/mol. The fourth-order valence-corrected chi connectivity index (χ4v) is 4.32. The average Bonchev–Trinajstić information content (AvgIpc) is 3.02. The van der Waals surface area contributed by atoms with Gasteiger partial charge in [-0.2, -0.15) is 5.26 Å². The highest BCUT2D eigenvalue weighted by atomic mass is 35.5. The van der Waals surface area contributed by atoms with E-state index in [9.17, 15) is 10.1 Å². The molecule has 8 nitrogen and oxygen atoms in total. The average molecular weight is 424 g/mol. The number of carbonyl (C=O) groups is 1. The highest BCUT2D eigenvalue weighted by Crippen LogP contribution is 2.33. The summed E-state index contributed by atoms with van der Waals surface area (Å²) in [5.41, 5.74) is 3.22. The van der Waals surface area contributed by atoms with Crippen LogP contribution >= 0.6 is 11.6 Å². The molecule has 0 aliphatic carbocycles. The molecule has 0 bridgehead atoms. The van der Waals surface area contributed by atoms with Gasteiger partial charge in [0.05, 0.1) is 23.3 Å². The van der Waals surface area contributed by atoms with E-state index in [1.165, 1.54) is 11.6 Å². The van der Waals surface area contributed by atoms with Gasteiger partial charge in [-0.05, 0) is 31.5 Å². The zero-order chi connectivity index (χ0) is 21.6. The molecule has 3 aromatic rings. The number of hydrogen-bond donors (Lipinski definition) is 1. The number of rotatable bonds is 2. The first kappa shape index (κ1) is 20.0. The molecule has 0 spiro atoms. The molecule has 4 heterocycles. The van der Waals surface area contributed by atoms with Crippen molar-refractivity contribution in [3.63, 3.8) is 0 Å². The molecule has 0 radical (unpaired) electrons. The summed E-state index contributed by atoms with van der Waals surface area (Å²) in [5, 5.41) is 10.9. The summed E-state index contributed by atoms with van der Waals surface area (Å²) >= 11 is 6.16. The fourth-order valence-electron chi connectivity index (χ4n) is 4.17. The second kappa shape index (κ2) is 7.50. The Labute approximate surface area is 179 Å². The van der Waals surface area contributed by atoms with Crippen LogP contribution < -0.4 is 10.7 Å². The van der Waals surface area contributed by atoms with Crippen LogP contribution in [0.2, 0.25) is 5.02 Å². The molecule has 4 rings (SSSR count). The maximum absolute atomic E-state index is 12.0. The molecule has 3 aromatic heterocycles. The predicted octanol–water partition coefficient (Wildman–Crippen LogP) is 2.72. The minimum atomic E-state index is -0.522. The number of fused-ring (bicyclic) bond motifs is 1. The summed E-state index contributed by atoms with van der Waals surface area (Å²) in [6.07, 6.45) is 3.35. The molecule has 0 saturated carbocycles. The number of pyridine rings is 2. The Morgan fingerprint density at radius 3 is 2.83 bits per heavy atom. The van der Waals surface area contributed by atoms with Crippen molar-refractivity contribution in [1.82, 2.24) is 19.5 Å². The topological polar surface area (TPSA) is 104 Å². The van der Waals surface area contributed by atoms with Crippen LogP contribution in [0.1, 0.15) is 19.4 Å². The molecule has 1 amide bonds. The van der Waals surface area contributed by atoms with E-state index in [-0.39, 0.29) is 11.9 Å². The fraction of sp³-hybridized carbons (Fsp3) is 0.333. The lowest BCUT2D eigenvalue weighted by Gasteiger charge is -2.43. The zero-order valence-electron chi connectivity index (χ0n) is 17.0. The lowest BCUT2D eigenvalue weighted by atomic mass is 10.1. The summed E-state index contributed by atoms with van der Waals surface area (Å²) in [7, 11) is 0.